The number of ether oxygens (including phenoxy) is 3. The van der Waals surface area contributed by atoms with Crippen molar-refractivity contribution in [3.05, 3.63) is 18.2 Å². The van der Waals surface area contributed by atoms with E-state index in [4.69, 9.17) is 14.2 Å². The molecule has 8 nitrogen and oxygen atoms in total. The molecule has 30 heavy (non-hydrogen) atoms. The van der Waals surface area contributed by atoms with Gasteiger partial charge in [0.15, 0.2) is 11.5 Å². The van der Waals surface area contributed by atoms with Crippen LogP contribution in [0.5, 0.6) is 17.2 Å². The first kappa shape index (κ1) is 22.2. The number of likely N-dealkylation sites (N-methyl/N-ethyl adjacent to an activating group) is 1. The van der Waals surface area contributed by atoms with Gasteiger partial charge in [0.2, 0.25) is 17.6 Å². The molecular weight excluding hydrogens is 386 g/mol. The Morgan fingerprint density at radius 3 is 2.57 bits per heavy atom. The summed E-state index contributed by atoms with van der Waals surface area (Å²) in [5, 5.41) is 5.97. The highest BCUT2D eigenvalue weighted by Crippen LogP contribution is 2.38. The molecule has 1 aliphatic carbocycles. The third-order valence-electron chi connectivity index (χ3n) is 5.93. The van der Waals surface area contributed by atoms with Crippen LogP contribution in [0.15, 0.2) is 18.2 Å². The van der Waals surface area contributed by atoms with Crippen molar-refractivity contribution >= 4 is 11.8 Å². The summed E-state index contributed by atoms with van der Waals surface area (Å²) in [5.41, 5.74) is 0. The number of methoxy groups -OCH3 is 2. The first-order valence-electron chi connectivity index (χ1n) is 10.7. The normalized spacial score (nSPS) is 24.6. The molecule has 8 heteroatoms. The number of carbonyl (C=O) groups excluding carboxylic acids is 2. The van der Waals surface area contributed by atoms with E-state index >= 15 is 0 Å². The molecule has 0 aromatic heterocycles. The van der Waals surface area contributed by atoms with Gasteiger partial charge in [0, 0.05) is 19.1 Å². The summed E-state index contributed by atoms with van der Waals surface area (Å²) < 4.78 is 16.9. The van der Waals surface area contributed by atoms with Crippen LogP contribution < -0.4 is 24.8 Å². The zero-order valence-corrected chi connectivity index (χ0v) is 18.1. The Balaban J connectivity index is 1.48. The standard InChI is InChI=1S/C22H33N3O5/c1-4-25-13-12-23-22(27)17(25)14-20(26)24-15-8-10-16(11-9-15)30-19-7-5-6-18(28-2)21(19)29-3/h5-7,15-17H,4,8-14H2,1-3H3,(H,23,27)(H,24,26). The van der Waals surface area contributed by atoms with Crippen LogP contribution in [0.2, 0.25) is 0 Å². The maximum Gasteiger partial charge on any atom is 0.237 e. The van der Waals surface area contributed by atoms with Gasteiger partial charge in [0.1, 0.15) is 0 Å². The minimum absolute atomic E-state index is 0.0532. The second-order valence-corrected chi connectivity index (χ2v) is 7.79. The molecule has 2 N–H and O–H groups in total. The highest BCUT2D eigenvalue weighted by atomic mass is 16.5. The second kappa shape index (κ2) is 10.5. The number of para-hydroxylation sites is 1. The first-order valence-corrected chi connectivity index (χ1v) is 10.7. The molecule has 2 aliphatic rings. The van der Waals surface area contributed by atoms with E-state index in [2.05, 4.69) is 15.5 Å². The van der Waals surface area contributed by atoms with Gasteiger partial charge in [-0.05, 0) is 44.4 Å². The number of hydrogen-bond acceptors (Lipinski definition) is 6. The van der Waals surface area contributed by atoms with Gasteiger partial charge in [0.05, 0.1) is 32.8 Å². The minimum atomic E-state index is -0.371. The molecule has 1 atom stereocenters. The zero-order chi connectivity index (χ0) is 21.5. The van der Waals surface area contributed by atoms with E-state index in [1.807, 2.05) is 25.1 Å². The number of piperazine rings is 1. The van der Waals surface area contributed by atoms with E-state index in [0.717, 1.165) is 38.8 Å². The largest absolute Gasteiger partial charge is 0.493 e. The average Bonchev–Trinajstić information content (AvgIpc) is 2.76. The van der Waals surface area contributed by atoms with Gasteiger partial charge in [-0.2, -0.15) is 0 Å². The number of benzene rings is 1. The van der Waals surface area contributed by atoms with Crippen molar-refractivity contribution in [3.63, 3.8) is 0 Å². The molecule has 2 amide bonds. The molecule has 3 rings (SSSR count). The number of hydrogen-bond donors (Lipinski definition) is 2. The van der Waals surface area contributed by atoms with Crippen molar-refractivity contribution in [3.8, 4) is 17.2 Å². The molecule has 1 aromatic rings. The van der Waals surface area contributed by atoms with Crippen LogP contribution in [-0.2, 0) is 9.59 Å². The van der Waals surface area contributed by atoms with Crippen LogP contribution in [0.1, 0.15) is 39.0 Å². The van der Waals surface area contributed by atoms with E-state index in [9.17, 15) is 9.59 Å². The third-order valence-corrected chi connectivity index (χ3v) is 5.93. The second-order valence-electron chi connectivity index (χ2n) is 7.79. The van der Waals surface area contributed by atoms with Gasteiger partial charge >= 0.3 is 0 Å². The third kappa shape index (κ3) is 5.36. The maximum atomic E-state index is 12.5. The number of nitrogens with one attached hydrogen (secondary N) is 2. The topological polar surface area (TPSA) is 89.1 Å². The van der Waals surface area contributed by atoms with Crippen molar-refractivity contribution in [1.82, 2.24) is 15.5 Å². The van der Waals surface area contributed by atoms with E-state index in [-0.39, 0.29) is 36.4 Å². The lowest BCUT2D eigenvalue weighted by molar-refractivity contribution is -0.134. The Bertz CT molecular complexity index is 733. The number of rotatable bonds is 8. The highest BCUT2D eigenvalue weighted by molar-refractivity contribution is 5.88. The molecule has 0 bridgehead atoms. The summed E-state index contributed by atoms with van der Waals surface area (Å²) in [5.74, 6) is 1.80. The Hall–Kier alpha value is -2.48. The first-order chi connectivity index (χ1) is 14.5. The van der Waals surface area contributed by atoms with Gasteiger partial charge in [-0.25, -0.2) is 0 Å². The van der Waals surface area contributed by atoms with Crippen molar-refractivity contribution in [2.75, 3.05) is 33.9 Å². The molecule has 1 heterocycles. The van der Waals surface area contributed by atoms with Crippen molar-refractivity contribution in [2.24, 2.45) is 0 Å². The molecule has 2 fully saturated rings. The van der Waals surface area contributed by atoms with Gasteiger partial charge < -0.3 is 24.8 Å². The predicted molar refractivity (Wildman–Crippen MR) is 113 cm³/mol. The fraction of sp³-hybridized carbons (Fsp3) is 0.636. The van der Waals surface area contributed by atoms with Crippen molar-refractivity contribution in [2.45, 2.75) is 57.2 Å². The molecule has 166 valence electrons. The molecular formula is C22H33N3O5. The Kier molecular flexibility index (Phi) is 7.79. The average molecular weight is 420 g/mol. The van der Waals surface area contributed by atoms with Gasteiger partial charge in [-0.1, -0.05) is 13.0 Å². The summed E-state index contributed by atoms with van der Waals surface area (Å²) in [4.78, 5) is 26.7. The lowest BCUT2D eigenvalue weighted by atomic mass is 9.92. The van der Waals surface area contributed by atoms with Crippen molar-refractivity contribution in [1.29, 1.82) is 0 Å². The Morgan fingerprint density at radius 1 is 1.17 bits per heavy atom. The lowest BCUT2D eigenvalue weighted by Gasteiger charge is -2.34. The number of nitrogens with zero attached hydrogens (tertiary/aromatic N) is 1. The molecule has 1 saturated carbocycles. The highest BCUT2D eigenvalue weighted by Gasteiger charge is 2.32. The van der Waals surface area contributed by atoms with Crippen LogP contribution in [0.25, 0.3) is 0 Å². The lowest BCUT2D eigenvalue weighted by Crippen LogP contribution is -2.56. The zero-order valence-electron chi connectivity index (χ0n) is 18.1. The summed E-state index contributed by atoms with van der Waals surface area (Å²) >= 11 is 0. The fourth-order valence-electron chi connectivity index (χ4n) is 4.28. The smallest absolute Gasteiger partial charge is 0.237 e. The van der Waals surface area contributed by atoms with Crippen LogP contribution in [0, 0.1) is 0 Å². The number of carbonyl (C=O) groups is 2. The Morgan fingerprint density at radius 2 is 1.90 bits per heavy atom. The van der Waals surface area contributed by atoms with Crippen LogP contribution in [0.4, 0.5) is 0 Å². The van der Waals surface area contributed by atoms with Crippen LogP contribution in [0.3, 0.4) is 0 Å². The minimum Gasteiger partial charge on any atom is -0.493 e. The Labute approximate surface area is 178 Å². The van der Waals surface area contributed by atoms with E-state index in [1.54, 1.807) is 14.2 Å². The molecule has 1 aromatic carbocycles. The summed E-state index contributed by atoms with van der Waals surface area (Å²) in [6, 6.07) is 5.34. The van der Waals surface area contributed by atoms with E-state index < -0.39 is 0 Å². The van der Waals surface area contributed by atoms with E-state index in [0.29, 0.717) is 23.8 Å². The van der Waals surface area contributed by atoms with Gasteiger partial charge in [-0.3, -0.25) is 14.5 Å². The predicted octanol–water partition coefficient (Wildman–Crippen LogP) is 1.72. The van der Waals surface area contributed by atoms with E-state index in [1.165, 1.54) is 0 Å². The van der Waals surface area contributed by atoms with Gasteiger partial charge in [0.25, 0.3) is 0 Å². The van der Waals surface area contributed by atoms with Crippen LogP contribution >= 0.6 is 0 Å². The monoisotopic (exact) mass is 419 g/mol. The van der Waals surface area contributed by atoms with Crippen molar-refractivity contribution < 1.29 is 23.8 Å². The van der Waals surface area contributed by atoms with Crippen LogP contribution in [-0.4, -0.2) is 68.8 Å². The summed E-state index contributed by atoms with van der Waals surface area (Å²) in [6.45, 7) is 4.22. The molecule has 1 aliphatic heterocycles. The molecule has 1 unspecified atom stereocenters. The summed E-state index contributed by atoms with van der Waals surface area (Å²) in [6.07, 6.45) is 3.65. The fourth-order valence-corrected chi connectivity index (χ4v) is 4.28. The molecule has 1 saturated heterocycles. The quantitative estimate of drug-likeness (QED) is 0.667. The SMILES string of the molecule is CCN1CCNC(=O)C1CC(=O)NC1CCC(Oc2cccc(OC)c2OC)CC1. The maximum absolute atomic E-state index is 12.5. The number of amides is 2. The molecule has 0 spiro atoms. The molecule has 0 radical (unpaired) electrons. The van der Waals surface area contributed by atoms with Gasteiger partial charge in [-0.15, -0.1) is 0 Å². The summed E-state index contributed by atoms with van der Waals surface area (Å²) in [7, 11) is 3.20.